The van der Waals surface area contributed by atoms with Crippen LogP contribution in [0, 0.1) is 5.92 Å². The molecule has 9 heteroatoms. The third-order valence-corrected chi connectivity index (χ3v) is 7.57. The maximum atomic E-state index is 12.8. The highest BCUT2D eigenvalue weighted by atomic mass is 32.2. The fourth-order valence-electron chi connectivity index (χ4n) is 3.62. The Balaban J connectivity index is 1.70. The van der Waals surface area contributed by atoms with E-state index in [4.69, 9.17) is 0 Å². The quantitative estimate of drug-likeness (QED) is 0.738. The molecule has 0 radical (unpaired) electrons. The van der Waals surface area contributed by atoms with Crippen molar-refractivity contribution in [3.8, 4) is 0 Å². The zero-order valence-electron chi connectivity index (χ0n) is 15.0. The number of carbonyl (C=O) groups is 2. The molecule has 0 unspecified atom stereocenters. The fourth-order valence-corrected chi connectivity index (χ4v) is 5.81. The van der Waals surface area contributed by atoms with Crippen molar-refractivity contribution in [2.45, 2.75) is 18.1 Å². The van der Waals surface area contributed by atoms with Gasteiger partial charge in [-0.3, -0.25) is 14.6 Å². The number of sulfonamides is 1. The summed E-state index contributed by atoms with van der Waals surface area (Å²) in [5.74, 6) is -0.367. The van der Waals surface area contributed by atoms with Gasteiger partial charge in [-0.25, -0.2) is 8.42 Å². The largest absolute Gasteiger partial charge is 0.348 e. The van der Waals surface area contributed by atoms with Gasteiger partial charge < -0.3 is 9.80 Å². The van der Waals surface area contributed by atoms with Gasteiger partial charge in [0.15, 0.2) is 0 Å². The van der Waals surface area contributed by atoms with Gasteiger partial charge in [0.05, 0.1) is 11.8 Å². The van der Waals surface area contributed by atoms with Gasteiger partial charge in [0.25, 0.3) is 5.91 Å². The van der Waals surface area contributed by atoms with Crippen molar-refractivity contribution in [2.75, 3.05) is 40.3 Å². The van der Waals surface area contributed by atoms with Crippen LogP contribution in [0.5, 0.6) is 0 Å². The summed E-state index contributed by atoms with van der Waals surface area (Å²) in [7, 11) is -0.282. The van der Waals surface area contributed by atoms with Crippen molar-refractivity contribution in [2.24, 2.45) is 5.92 Å². The predicted molar refractivity (Wildman–Crippen MR) is 95.8 cm³/mol. The van der Waals surface area contributed by atoms with Crippen molar-refractivity contribution in [1.29, 1.82) is 0 Å². The molecular formula is C17H24N4O4S. The van der Waals surface area contributed by atoms with Crippen molar-refractivity contribution >= 4 is 21.8 Å². The lowest BCUT2D eigenvalue weighted by molar-refractivity contribution is -0.128. The number of amides is 2. The molecule has 142 valence electrons. The minimum atomic E-state index is -3.52. The third-order valence-electron chi connectivity index (χ3n) is 5.18. The average molecular weight is 380 g/mol. The Morgan fingerprint density at radius 2 is 1.85 bits per heavy atom. The maximum absolute atomic E-state index is 12.8. The molecule has 1 aromatic rings. The van der Waals surface area contributed by atoms with E-state index < -0.39 is 15.3 Å². The Hall–Kier alpha value is -2.00. The van der Waals surface area contributed by atoms with E-state index in [2.05, 4.69) is 4.98 Å². The van der Waals surface area contributed by atoms with Crippen molar-refractivity contribution in [1.82, 2.24) is 19.1 Å². The molecule has 2 aliphatic heterocycles. The molecule has 2 amide bonds. The molecule has 3 heterocycles. The summed E-state index contributed by atoms with van der Waals surface area (Å²) in [5, 5.41) is -0.521. The molecule has 0 aromatic carbocycles. The lowest BCUT2D eigenvalue weighted by Gasteiger charge is -2.22. The lowest BCUT2D eigenvalue weighted by atomic mass is 10.0. The highest BCUT2D eigenvalue weighted by Crippen LogP contribution is 2.34. The molecule has 3 rings (SSSR count). The van der Waals surface area contributed by atoms with Gasteiger partial charge in [0.2, 0.25) is 15.9 Å². The monoisotopic (exact) mass is 380 g/mol. The van der Waals surface area contributed by atoms with Crippen molar-refractivity contribution < 1.29 is 18.0 Å². The van der Waals surface area contributed by atoms with E-state index in [1.807, 2.05) is 0 Å². The average Bonchev–Trinajstić information content (AvgIpc) is 2.77. The molecule has 0 bridgehead atoms. The molecule has 0 aliphatic carbocycles. The molecule has 8 nitrogen and oxygen atoms in total. The van der Waals surface area contributed by atoms with Crippen LogP contribution in [0.4, 0.5) is 0 Å². The molecule has 1 aromatic heterocycles. The second-order valence-corrected chi connectivity index (χ2v) is 9.18. The molecule has 0 spiro atoms. The molecule has 0 N–H and O–H groups in total. The number of pyridine rings is 1. The summed E-state index contributed by atoms with van der Waals surface area (Å²) < 4.78 is 27.0. The summed E-state index contributed by atoms with van der Waals surface area (Å²) in [6.45, 7) is 1.16. The Morgan fingerprint density at radius 3 is 2.50 bits per heavy atom. The van der Waals surface area contributed by atoms with Crippen LogP contribution in [0.25, 0.3) is 0 Å². The van der Waals surface area contributed by atoms with Crippen LogP contribution in [0.15, 0.2) is 24.5 Å². The highest BCUT2D eigenvalue weighted by molar-refractivity contribution is 7.90. The number of aromatic nitrogens is 1. The lowest BCUT2D eigenvalue weighted by Crippen LogP contribution is -2.39. The first-order chi connectivity index (χ1) is 12.3. The number of likely N-dealkylation sites (N-methyl/N-ethyl adjacent to an activating group) is 1. The minimum Gasteiger partial charge on any atom is -0.348 e. The molecular weight excluding hydrogens is 356 g/mol. The molecule has 0 saturated carbocycles. The van der Waals surface area contributed by atoms with Crippen molar-refractivity contribution in [3.05, 3.63) is 30.1 Å². The number of likely N-dealkylation sites (tertiary alicyclic amines) is 1. The number of carbonyl (C=O) groups excluding carboxylic acids is 2. The Kier molecular flexibility index (Phi) is 5.29. The van der Waals surface area contributed by atoms with Crippen LogP contribution in [-0.2, 0) is 14.8 Å². The smallest absolute Gasteiger partial charge is 0.253 e. The summed E-state index contributed by atoms with van der Waals surface area (Å²) >= 11 is 0. The summed E-state index contributed by atoms with van der Waals surface area (Å²) in [6.07, 6.45) is 4.16. The van der Waals surface area contributed by atoms with E-state index in [-0.39, 0.29) is 24.3 Å². The number of fused-ring (bicyclic) bond motifs is 1. The van der Waals surface area contributed by atoms with Crippen LogP contribution < -0.4 is 0 Å². The van der Waals surface area contributed by atoms with Crippen molar-refractivity contribution in [3.63, 3.8) is 0 Å². The van der Waals surface area contributed by atoms with Gasteiger partial charge in [-0.05, 0) is 30.9 Å². The van der Waals surface area contributed by atoms with E-state index in [9.17, 15) is 18.0 Å². The zero-order valence-corrected chi connectivity index (χ0v) is 15.9. The Morgan fingerprint density at radius 1 is 1.19 bits per heavy atom. The maximum Gasteiger partial charge on any atom is 0.253 e. The zero-order chi connectivity index (χ0) is 18.9. The third kappa shape index (κ3) is 3.59. The van der Waals surface area contributed by atoms with Crippen LogP contribution in [0.2, 0.25) is 0 Å². The van der Waals surface area contributed by atoms with E-state index in [0.29, 0.717) is 38.0 Å². The van der Waals surface area contributed by atoms with Gasteiger partial charge in [-0.2, -0.15) is 4.31 Å². The number of hydrogen-bond donors (Lipinski definition) is 0. The topological polar surface area (TPSA) is 90.9 Å². The first-order valence-electron chi connectivity index (χ1n) is 8.69. The molecule has 26 heavy (non-hydrogen) atoms. The molecule has 2 atom stereocenters. The summed E-state index contributed by atoms with van der Waals surface area (Å²) in [4.78, 5) is 31.6. The second-order valence-electron chi connectivity index (χ2n) is 7.03. The molecule has 2 aliphatic rings. The SMILES string of the molecule is CN(C)C(=O)CN1C[C@@H]2CCN(C(=O)c3ccncc3)CC[C@@H]2S1(=O)=O. The fraction of sp³-hybridized carbons (Fsp3) is 0.588. The van der Waals surface area contributed by atoms with Crippen LogP contribution in [-0.4, -0.2) is 84.8 Å². The van der Waals surface area contributed by atoms with Gasteiger partial charge in [0, 0.05) is 51.7 Å². The Labute approximate surface area is 153 Å². The van der Waals surface area contributed by atoms with Crippen LogP contribution >= 0.6 is 0 Å². The standard InChI is InChI=1S/C17H24N4O4S/c1-19(2)16(22)12-21-11-14-5-9-20(10-6-15(14)26(21,24)25)17(23)13-3-7-18-8-4-13/h3-4,7-8,14-15H,5-6,9-12H2,1-2H3/t14-,15-/m0/s1. The van der Waals surface area contributed by atoms with E-state index in [0.717, 1.165) is 0 Å². The minimum absolute atomic E-state index is 0.0507. The van der Waals surface area contributed by atoms with E-state index in [1.165, 1.54) is 9.21 Å². The summed E-state index contributed by atoms with van der Waals surface area (Å²) in [6, 6.07) is 3.33. The first-order valence-corrected chi connectivity index (χ1v) is 10.2. The molecule has 2 saturated heterocycles. The normalized spacial score (nSPS) is 25.4. The summed E-state index contributed by atoms with van der Waals surface area (Å²) in [5.41, 5.74) is 0.563. The van der Waals surface area contributed by atoms with Crippen LogP contribution in [0.1, 0.15) is 23.2 Å². The number of hydrogen-bond acceptors (Lipinski definition) is 5. The first kappa shape index (κ1) is 18.8. The van der Waals surface area contributed by atoms with Crippen LogP contribution in [0.3, 0.4) is 0 Å². The molecule has 2 fully saturated rings. The highest BCUT2D eigenvalue weighted by Gasteiger charge is 2.47. The van der Waals surface area contributed by atoms with Gasteiger partial charge >= 0.3 is 0 Å². The van der Waals surface area contributed by atoms with Gasteiger partial charge in [-0.15, -0.1) is 0 Å². The Bertz CT molecular complexity index is 781. The van der Waals surface area contributed by atoms with Gasteiger partial charge in [-0.1, -0.05) is 0 Å². The van der Waals surface area contributed by atoms with Gasteiger partial charge in [0.1, 0.15) is 0 Å². The number of rotatable bonds is 3. The van der Waals surface area contributed by atoms with E-state index >= 15 is 0 Å². The second kappa shape index (κ2) is 7.32. The predicted octanol–water partition coefficient (Wildman–Crippen LogP) is 0.0360. The van der Waals surface area contributed by atoms with E-state index in [1.54, 1.807) is 43.5 Å². The number of nitrogens with zero attached hydrogens (tertiary/aromatic N) is 4.